The molecule has 0 amide bonds. The quantitative estimate of drug-likeness (QED) is 0.798. The molecule has 1 rings (SSSR count). The summed E-state index contributed by atoms with van der Waals surface area (Å²) in [5.74, 6) is -1.20. The maximum Gasteiger partial charge on any atom is 0.306 e. The Bertz CT molecular complexity index is 588. The number of aliphatic carboxylic acids is 1. The average molecular weight is 322 g/mol. The Morgan fingerprint density at radius 1 is 1.50 bits per heavy atom. The average Bonchev–Trinajstić information content (AvgIpc) is 2.38. The van der Waals surface area contributed by atoms with Crippen LogP contribution in [0.5, 0.6) is 5.75 Å². The van der Waals surface area contributed by atoms with Crippen LogP contribution in [0.1, 0.15) is 13.3 Å². The molecule has 0 aliphatic rings. The topological polar surface area (TPSA) is 92.7 Å². The summed E-state index contributed by atoms with van der Waals surface area (Å²) >= 11 is 5.87. The Balaban J connectivity index is 2.74. The monoisotopic (exact) mass is 321 g/mol. The van der Waals surface area contributed by atoms with E-state index >= 15 is 0 Å². The van der Waals surface area contributed by atoms with E-state index in [1.807, 2.05) is 0 Å². The molecule has 0 aliphatic carbocycles. The first-order valence-electron chi connectivity index (χ1n) is 5.84. The van der Waals surface area contributed by atoms with E-state index in [1.54, 1.807) is 0 Å². The lowest BCUT2D eigenvalue weighted by molar-refractivity contribution is -0.141. The molecule has 0 heterocycles. The number of sulfonamides is 1. The van der Waals surface area contributed by atoms with E-state index in [-0.39, 0.29) is 22.9 Å². The van der Waals surface area contributed by atoms with Gasteiger partial charge >= 0.3 is 5.97 Å². The highest BCUT2D eigenvalue weighted by Gasteiger charge is 2.17. The zero-order valence-corrected chi connectivity index (χ0v) is 12.7. The van der Waals surface area contributed by atoms with Gasteiger partial charge in [-0.05, 0) is 24.6 Å². The van der Waals surface area contributed by atoms with Crippen LogP contribution in [0.2, 0.25) is 5.02 Å². The molecular weight excluding hydrogens is 306 g/mol. The van der Waals surface area contributed by atoms with Crippen molar-refractivity contribution in [3.05, 3.63) is 23.2 Å². The predicted molar refractivity (Wildman–Crippen MR) is 74.6 cm³/mol. The fourth-order valence-corrected chi connectivity index (χ4v) is 2.83. The van der Waals surface area contributed by atoms with Crippen molar-refractivity contribution < 1.29 is 23.1 Å². The van der Waals surface area contributed by atoms with Crippen LogP contribution in [0.25, 0.3) is 0 Å². The van der Waals surface area contributed by atoms with Crippen molar-refractivity contribution in [1.82, 2.24) is 4.72 Å². The standard InChI is InChI=1S/C12H16ClNO5S/c1-8(12(15)16)5-6-14-20(17,18)9-3-4-11(19-2)10(13)7-9/h3-4,7-8,14H,5-6H2,1-2H3,(H,15,16). The maximum atomic E-state index is 12.0. The smallest absolute Gasteiger partial charge is 0.306 e. The minimum absolute atomic E-state index is 0.00581. The second kappa shape index (κ2) is 6.92. The van der Waals surface area contributed by atoms with Crippen molar-refractivity contribution in [2.45, 2.75) is 18.2 Å². The molecule has 6 nitrogen and oxygen atoms in total. The fourth-order valence-electron chi connectivity index (χ4n) is 1.43. The molecule has 0 aliphatic heterocycles. The highest BCUT2D eigenvalue weighted by Crippen LogP contribution is 2.26. The number of halogens is 1. The molecule has 0 saturated heterocycles. The molecule has 2 N–H and O–H groups in total. The van der Waals surface area contributed by atoms with E-state index in [1.165, 1.54) is 32.2 Å². The van der Waals surface area contributed by atoms with Crippen molar-refractivity contribution in [1.29, 1.82) is 0 Å². The van der Waals surface area contributed by atoms with Crippen molar-refractivity contribution in [2.75, 3.05) is 13.7 Å². The lowest BCUT2D eigenvalue weighted by Gasteiger charge is -2.10. The van der Waals surface area contributed by atoms with Gasteiger partial charge in [0.2, 0.25) is 10.0 Å². The lowest BCUT2D eigenvalue weighted by atomic mass is 10.1. The van der Waals surface area contributed by atoms with Gasteiger partial charge in [0, 0.05) is 6.54 Å². The van der Waals surface area contributed by atoms with Crippen molar-refractivity contribution in [2.24, 2.45) is 5.92 Å². The Kier molecular flexibility index (Phi) is 5.79. The van der Waals surface area contributed by atoms with Gasteiger partial charge in [0.15, 0.2) is 0 Å². The molecule has 1 unspecified atom stereocenters. The van der Waals surface area contributed by atoms with Gasteiger partial charge in [0.25, 0.3) is 0 Å². The Labute approximate surface area is 122 Å². The summed E-state index contributed by atoms with van der Waals surface area (Å²) < 4.78 is 31.2. The van der Waals surface area contributed by atoms with E-state index in [0.29, 0.717) is 5.75 Å². The van der Waals surface area contributed by atoms with Crippen LogP contribution in [0.3, 0.4) is 0 Å². The maximum absolute atomic E-state index is 12.0. The first-order valence-corrected chi connectivity index (χ1v) is 7.70. The van der Waals surface area contributed by atoms with Gasteiger partial charge in [-0.3, -0.25) is 4.79 Å². The first kappa shape index (κ1) is 16.7. The number of hydrogen-bond acceptors (Lipinski definition) is 4. The van der Waals surface area contributed by atoms with Gasteiger partial charge in [0.05, 0.1) is 22.9 Å². The fraction of sp³-hybridized carbons (Fsp3) is 0.417. The molecule has 20 heavy (non-hydrogen) atoms. The van der Waals surface area contributed by atoms with Crippen LogP contribution in [0.15, 0.2) is 23.1 Å². The zero-order chi connectivity index (χ0) is 15.3. The number of methoxy groups -OCH3 is 1. The van der Waals surface area contributed by atoms with E-state index in [2.05, 4.69) is 4.72 Å². The van der Waals surface area contributed by atoms with Crippen molar-refractivity contribution >= 4 is 27.6 Å². The van der Waals surface area contributed by atoms with E-state index in [9.17, 15) is 13.2 Å². The minimum Gasteiger partial charge on any atom is -0.495 e. The van der Waals surface area contributed by atoms with Crippen molar-refractivity contribution in [3.63, 3.8) is 0 Å². The van der Waals surface area contributed by atoms with Crippen LogP contribution in [-0.4, -0.2) is 33.1 Å². The highest BCUT2D eigenvalue weighted by atomic mass is 35.5. The Morgan fingerprint density at radius 2 is 2.15 bits per heavy atom. The molecule has 0 saturated carbocycles. The number of carbonyl (C=O) groups is 1. The number of benzene rings is 1. The molecule has 8 heteroatoms. The van der Waals surface area contributed by atoms with Crippen LogP contribution in [0.4, 0.5) is 0 Å². The summed E-state index contributed by atoms with van der Waals surface area (Å²) in [7, 11) is -2.28. The second-order valence-electron chi connectivity index (χ2n) is 4.22. The second-order valence-corrected chi connectivity index (χ2v) is 6.40. The number of rotatable bonds is 7. The molecular formula is C12H16ClNO5S. The van der Waals surface area contributed by atoms with Crippen LogP contribution >= 0.6 is 11.6 Å². The summed E-state index contributed by atoms with van der Waals surface area (Å²) in [5.41, 5.74) is 0. The third-order valence-electron chi connectivity index (χ3n) is 2.72. The van der Waals surface area contributed by atoms with Crippen molar-refractivity contribution in [3.8, 4) is 5.75 Å². The number of hydrogen-bond donors (Lipinski definition) is 2. The van der Waals surface area contributed by atoms with Crippen LogP contribution in [0, 0.1) is 5.92 Å². The van der Waals surface area contributed by atoms with Gasteiger partial charge in [-0.15, -0.1) is 0 Å². The predicted octanol–water partition coefficient (Wildman–Crippen LogP) is 1.74. The number of carboxylic acid groups (broad SMARTS) is 1. The molecule has 0 bridgehead atoms. The van der Waals surface area contributed by atoms with Gasteiger partial charge < -0.3 is 9.84 Å². The Morgan fingerprint density at radius 3 is 2.65 bits per heavy atom. The molecule has 0 fully saturated rings. The first-order chi connectivity index (χ1) is 9.27. The number of carboxylic acids is 1. The largest absolute Gasteiger partial charge is 0.495 e. The summed E-state index contributed by atoms with van der Waals surface area (Å²) in [6.07, 6.45) is 0.207. The lowest BCUT2D eigenvalue weighted by Crippen LogP contribution is -2.27. The SMILES string of the molecule is COc1ccc(S(=O)(=O)NCCC(C)C(=O)O)cc1Cl. The Hall–Kier alpha value is -1.31. The summed E-state index contributed by atoms with van der Waals surface area (Å²) in [4.78, 5) is 10.6. The summed E-state index contributed by atoms with van der Waals surface area (Å²) in [5, 5.41) is 8.90. The van der Waals surface area contributed by atoms with Gasteiger partial charge in [-0.2, -0.15) is 0 Å². The van der Waals surface area contributed by atoms with E-state index in [4.69, 9.17) is 21.4 Å². The van der Waals surface area contributed by atoms with Crippen LogP contribution < -0.4 is 9.46 Å². The van der Waals surface area contributed by atoms with E-state index < -0.39 is 21.9 Å². The minimum atomic E-state index is -3.71. The molecule has 0 spiro atoms. The molecule has 0 radical (unpaired) electrons. The molecule has 0 aromatic heterocycles. The molecule has 1 atom stereocenters. The molecule has 112 valence electrons. The van der Waals surface area contributed by atoms with Gasteiger partial charge in [-0.1, -0.05) is 18.5 Å². The summed E-state index contributed by atoms with van der Waals surface area (Å²) in [6.45, 7) is 1.56. The van der Waals surface area contributed by atoms with Gasteiger partial charge in [0.1, 0.15) is 5.75 Å². The molecule has 1 aromatic carbocycles. The highest BCUT2D eigenvalue weighted by molar-refractivity contribution is 7.89. The zero-order valence-electron chi connectivity index (χ0n) is 11.1. The third kappa shape index (κ3) is 4.36. The number of ether oxygens (including phenoxy) is 1. The third-order valence-corrected chi connectivity index (χ3v) is 4.48. The normalized spacial score (nSPS) is 12.9. The summed E-state index contributed by atoms with van der Waals surface area (Å²) in [6, 6.07) is 4.10. The van der Waals surface area contributed by atoms with E-state index in [0.717, 1.165) is 0 Å². The van der Waals surface area contributed by atoms with Gasteiger partial charge in [-0.25, -0.2) is 13.1 Å². The number of nitrogens with one attached hydrogen (secondary N) is 1. The molecule has 1 aromatic rings. The van der Waals surface area contributed by atoms with Crippen LogP contribution in [-0.2, 0) is 14.8 Å².